The smallest absolute Gasteiger partial charge is 0.462 e. The lowest BCUT2D eigenvalue weighted by Crippen LogP contribution is -2.37. The number of ether oxygens (including phenoxy) is 2. The molecule has 0 aromatic rings. The van der Waals surface area contributed by atoms with Crippen molar-refractivity contribution in [3.05, 3.63) is 12.2 Å². The van der Waals surface area contributed by atoms with E-state index in [0.29, 0.717) is 23.9 Å². The number of quaternary nitrogens is 1. The van der Waals surface area contributed by atoms with Gasteiger partial charge in [-0.15, -0.1) is 0 Å². The van der Waals surface area contributed by atoms with Crippen molar-refractivity contribution in [2.75, 3.05) is 47.5 Å². The van der Waals surface area contributed by atoms with Crippen molar-refractivity contribution in [1.29, 1.82) is 0 Å². The molecule has 0 amide bonds. The minimum Gasteiger partial charge on any atom is -0.462 e. The van der Waals surface area contributed by atoms with Crippen molar-refractivity contribution in [1.82, 2.24) is 0 Å². The number of hydrogen-bond donors (Lipinski definition) is 1. The molecule has 2 atom stereocenters. The fourth-order valence-corrected chi connectivity index (χ4v) is 6.46. The molecule has 0 rings (SSSR count). The van der Waals surface area contributed by atoms with Gasteiger partial charge in [-0.2, -0.15) is 0 Å². The Hall–Kier alpha value is -1.25. The van der Waals surface area contributed by atoms with E-state index in [2.05, 4.69) is 26.0 Å². The highest BCUT2D eigenvalue weighted by molar-refractivity contribution is 7.47. The molecule has 0 heterocycles. The summed E-state index contributed by atoms with van der Waals surface area (Å²) in [6.07, 6.45) is 33.9. The summed E-state index contributed by atoms with van der Waals surface area (Å²) in [5.74, 6) is -0.802. The van der Waals surface area contributed by atoms with Crippen LogP contribution in [0.15, 0.2) is 12.2 Å². The van der Waals surface area contributed by atoms with Crippen molar-refractivity contribution in [2.45, 2.75) is 193 Å². The number of carbonyl (C=O) groups is 2. The van der Waals surface area contributed by atoms with E-state index in [1.165, 1.54) is 103 Å². The van der Waals surface area contributed by atoms with E-state index < -0.39 is 26.5 Å². The average Bonchev–Trinajstić information content (AvgIpc) is 3.07. The molecule has 0 saturated heterocycles. The van der Waals surface area contributed by atoms with E-state index in [0.717, 1.165) is 51.4 Å². The molecule has 0 aromatic carbocycles. The van der Waals surface area contributed by atoms with Crippen LogP contribution in [0.2, 0.25) is 0 Å². The summed E-state index contributed by atoms with van der Waals surface area (Å²) >= 11 is 0. The molecule has 51 heavy (non-hydrogen) atoms. The summed E-state index contributed by atoms with van der Waals surface area (Å²) in [4.78, 5) is 35.2. The fourth-order valence-electron chi connectivity index (χ4n) is 5.71. The van der Waals surface area contributed by atoms with Crippen LogP contribution >= 0.6 is 7.82 Å². The van der Waals surface area contributed by atoms with Gasteiger partial charge in [0, 0.05) is 12.8 Å². The first-order chi connectivity index (χ1) is 24.5. The van der Waals surface area contributed by atoms with Gasteiger partial charge in [-0.25, -0.2) is 4.57 Å². The lowest BCUT2D eigenvalue weighted by molar-refractivity contribution is -0.870. The standard InChI is InChI=1S/C41H80NO8P/c1-6-8-10-12-14-16-18-20-22-24-26-28-30-32-34-41(44)50-39(38-49-51(45,46)48-36-35-42(3,4)5)37-47-40(43)33-31-29-27-25-23-21-19-17-15-13-11-9-7-2/h18,20,39H,6-17,19,21-38H2,1-5H3/p+1/b20-18-/t39-/m1/s1. The third-order valence-electron chi connectivity index (χ3n) is 9.05. The molecule has 9 nitrogen and oxygen atoms in total. The van der Waals surface area contributed by atoms with E-state index >= 15 is 0 Å². The third-order valence-corrected chi connectivity index (χ3v) is 10.0. The first-order valence-corrected chi connectivity index (χ1v) is 22.4. The van der Waals surface area contributed by atoms with Crippen LogP contribution in [0.3, 0.4) is 0 Å². The summed E-state index contributed by atoms with van der Waals surface area (Å²) < 4.78 is 34.2. The molecule has 0 aliphatic rings. The van der Waals surface area contributed by atoms with Crippen molar-refractivity contribution in [2.24, 2.45) is 0 Å². The van der Waals surface area contributed by atoms with Crippen LogP contribution in [0.5, 0.6) is 0 Å². The highest BCUT2D eigenvalue weighted by Crippen LogP contribution is 2.43. The minimum absolute atomic E-state index is 0.0330. The summed E-state index contributed by atoms with van der Waals surface area (Å²) in [5, 5.41) is 0. The maximum atomic E-state index is 12.6. The van der Waals surface area contributed by atoms with Crippen LogP contribution in [0.25, 0.3) is 0 Å². The number of esters is 2. The molecular weight excluding hydrogens is 665 g/mol. The largest absolute Gasteiger partial charge is 0.472 e. The van der Waals surface area contributed by atoms with Crippen molar-refractivity contribution < 1.29 is 42.1 Å². The quantitative estimate of drug-likeness (QED) is 0.0219. The molecular formula is C41H81NO8P+. The lowest BCUT2D eigenvalue weighted by Gasteiger charge is -2.24. The van der Waals surface area contributed by atoms with Gasteiger partial charge in [0.05, 0.1) is 27.7 Å². The van der Waals surface area contributed by atoms with Crippen LogP contribution in [0.4, 0.5) is 0 Å². The predicted octanol–water partition coefficient (Wildman–Crippen LogP) is 11.4. The second-order valence-electron chi connectivity index (χ2n) is 15.4. The Labute approximate surface area is 314 Å². The lowest BCUT2D eigenvalue weighted by atomic mass is 10.0. The Kier molecular flexibility index (Phi) is 33.7. The minimum atomic E-state index is -4.37. The van der Waals surface area contributed by atoms with Crippen molar-refractivity contribution in [3.8, 4) is 0 Å². The first-order valence-electron chi connectivity index (χ1n) is 20.9. The van der Waals surface area contributed by atoms with E-state index in [1.54, 1.807) is 0 Å². The number of allylic oxidation sites excluding steroid dienone is 2. The van der Waals surface area contributed by atoms with Gasteiger partial charge in [-0.1, -0.05) is 148 Å². The maximum absolute atomic E-state index is 12.6. The topological polar surface area (TPSA) is 108 Å². The van der Waals surface area contributed by atoms with Crippen LogP contribution in [-0.4, -0.2) is 74.9 Å². The maximum Gasteiger partial charge on any atom is 0.472 e. The molecule has 0 saturated carbocycles. The molecule has 302 valence electrons. The van der Waals surface area contributed by atoms with E-state index in [-0.39, 0.29) is 25.6 Å². The van der Waals surface area contributed by atoms with Gasteiger partial charge >= 0.3 is 19.8 Å². The van der Waals surface area contributed by atoms with E-state index in [4.69, 9.17) is 18.5 Å². The van der Waals surface area contributed by atoms with Crippen LogP contribution in [0, 0.1) is 0 Å². The van der Waals surface area contributed by atoms with Crippen LogP contribution in [-0.2, 0) is 32.7 Å². The Morgan fingerprint density at radius 2 is 1.00 bits per heavy atom. The Balaban J connectivity index is 4.39. The Morgan fingerprint density at radius 1 is 0.588 bits per heavy atom. The molecule has 10 heteroatoms. The molecule has 1 unspecified atom stereocenters. The summed E-state index contributed by atoms with van der Waals surface area (Å²) in [6, 6.07) is 0. The molecule has 0 fully saturated rings. The number of rotatable bonds is 38. The third kappa shape index (κ3) is 38.3. The number of phosphoric ester groups is 1. The van der Waals surface area contributed by atoms with Gasteiger partial charge in [0.2, 0.25) is 0 Å². The second kappa shape index (κ2) is 34.5. The monoisotopic (exact) mass is 747 g/mol. The number of carbonyl (C=O) groups excluding carboxylic acids is 2. The van der Waals surface area contributed by atoms with Gasteiger partial charge in [-0.3, -0.25) is 18.6 Å². The van der Waals surface area contributed by atoms with Gasteiger partial charge in [0.15, 0.2) is 6.10 Å². The molecule has 0 aliphatic carbocycles. The molecule has 0 bridgehead atoms. The molecule has 0 spiro atoms. The molecule has 0 radical (unpaired) electrons. The number of phosphoric acid groups is 1. The molecule has 0 aromatic heterocycles. The van der Waals surface area contributed by atoms with Gasteiger partial charge in [0.25, 0.3) is 0 Å². The highest BCUT2D eigenvalue weighted by atomic mass is 31.2. The van der Waals surface area contributed by atoms with Crippen LogP contribution in [0.1, 0.15) is 187 Å². The van der Waals surface area contributed by atoms with Gasteiger partial charge in [0.1, 0.15) is 19.8 Å². The number of nitrogens with zero attached hydrogens (tertiary/aromatic N) is 1. The zero-order valence-electron chi connectivity index (χ0n) is 33.9. The van der Waals surface area contributed by atoms with E-state index in [1.807, 2.05) is 21.1 Å². The highest BCUT2D eigenvalue weighted by Gasteiger charge is 2.27. The Bertz CT molecular complexity index is 891. The first kappa shape index (κ1) is 49.8. The Morgan fingerprint density at radius 3 is 1.45 bits per heavy atom. The molecule has 1 N–H and O–H groups in total. The second-order valence-corrected chi connectivity index (χ2v) is 16.8. The normalized spacial score (nSPS) is 13.8. The summed E-state index contributed by atoms with van der Waals surface area (Å²) in [6.45, 7) is 4.41. The van der Waals surface area contributed by atoms with Crippen LogP contribution < -0.4 is 0 Å². The SMILES string of the molecule is CCCCCCC/C=C\CCCCCCCC(=O)O[C@H](COC(=O)CCCCCCCCCCCCCCC)COP(=O)(O)OCC[N+](C)(C)C. The van der Waals surface area contributed by atoms with Gasteiger partial charge < -0.3 is 18.9 Å². The molecule has 0 aliphatic heterocycles. The predicted molar refractivity (Wildman–Crippen MR) is 211 cm³/mol. The number of likely N-dealkylation sites (N-methyl/N-ethyl adjacent to an activating group) is 1. The number of hydrogen-bond acceptors (Lipinski definition) is 7. The summed E-state index contributed by atoms with van der Waals surface area (Å²) in [5.41, 5.74) is 0. The van der Waals surface area contributed by atoms with Crippen molar-refractivity contribution in [3.63, 3.8) is 0 Å². The zero-order valence-corrected chi connectivity index (χ0v) is 34.7. The summed E-state index contributed by atoms with van der Waals surface area (Å²) in [7, 11) is 1.48. The average molecular weight is 747 g/mol. The number of unbranched alkanes of at least 4 members (excludes halogenated alkanes) is 22. The van der Waals surface area contributed by atoms with Gasteiger partial charge in [-0.05, 0) is 38.5 Å². The van der Waals surface area contributed by atoms with Crippen molar-refractivity contribution >= 4 is 19.8 Å². The van der Waals surface area contributed by atoms with E-state index in [9.17, 15) is 19.0 Å². The fraction of sp³-hybridized carbons (Fsp3) is 0.902. The zero-order chi connectivity index (χ0) is 37.9.